The van der Waals surface area contributed by atoms with Gasteiger partial charge in [0.05, 0.1) is 5.69 Å². The fourth-order valence-electron chi connectivity index (χ4n) is 0.767. The second-order valence-electron chi connectivity index (χ2n) is 2.26. The van der Waals surface area contributed by atoms with E-state index in [9.17, 15) is 4.48 Å². The van der Waals surface area contributed by atoms with E-state index in [-0.39, 0.29) is 0 Å². The van der Waals surface area contributed by atoms with E-state index < -0.39 is 0 Å². The molecule has 1 aromatic carbocycles. The first-order valence-electron chi connectivity index (χ1n) is 3.30. The van der Waals surface area contributed by atoms with Crippen molar-refractivity contribution < 1.29 is 4.48 Å². The summed E-state index contributed by atoms with van der Waals surface area (Å²) in [6.07, 6.45) is 1.69. The Morgan fingerprint density at radius 3 is 2.27 bits per heavy atom. The lowest BCUT2D eigenvalue weighted by Crippen LogP contribution is -1.97. The highest BCUT2D eigenvalue weighted by Gasteiger charge is 2.00. The van der Waals surface area contributed by atoms with Gasteiger partial charge in [-0.3, -0.25) is 0 Å². The second kappa shape index (κ2) is 3.62. The number of benzene rings is 1. The van der Waals surface area contributed by atoms with E-state index >= 15 is 0 Å². The summed E-state index contributed by atoms with van der Waals surface area (Å²) in [5, 5.41) is 0. The molecule has 0 saturated heterocycles. The molecule has 0 unspecified atom stereocenters. The maximum absolute atomic E-state index is 12.8. The first-order valence-corrected chi connectivity index (χ1v) is 4.49. The van der Waals surface area contributed by atoms with Crippen molar-refractivity contribution in [1.29, 1.82) is 0 Å². The zero-order valence-electron chi connectivity index (χ0n) is 6.54. The van der Waals surface area contributed by atoms with E-state index in [0.717, 1.165) is 17.5 Å². The fraction of sp³-hybridized carbons (Fsp3) is 0.250. The Morgan fingerprint density at radius 2 is 1.82 bits per heavy atom. The molecule has 1 nitrogen and oxygen atoms in total. The summed E-state index contributed by atoms with van der Waals surface area (Å²) in [6.45, 7) is 1.98. The minimum atomic E-state index is 0.586. The zero-order valence-corrected chi connectivity index (χ0v) is 7.36. The van der Waals surface area contributed by atoms with Gasteiger partial charge in [0.15, 0.2) is 0 Å². The molecule has 0 saturated carbocycles. The van der Waals surface area contributed by atoms with Crippen LogP contribution in [-0.4, -0.2) is 6.26 Å². The average Bonchev–Trinajstić information content (AvgIpc) is 2.05. The zero-order chi connectivity index (χ0) is 8.27. The molecule has 60 valence electrons. The molecule has 0 aromatic heterocycles. The van der Waals surface area contributed by atoms with Gasteiger partial charge < -0.3 is 0 Å². The molecule has 3 heteroatoms. The van der Waals surface area contributed by atoms with Crippen molar-refractivity contribution in [3.63, 3.8) is 0 Å². The predicted octanol–water partition coefficient (Wildman–Crippen LogP) is 2.96. The summed E-state index contributed by atoms with van der Waals surface area (Å²) in [7, 11) is 0. The Hall–Kier alpha value is -0.700. The summed E-state index contributed by atoms with van der Waals surface area (Å²) < 4.78 is 13.4. The van der Waals surface area contributed by atoms with Crippen LogP contribution in [0.25, 0.3) is 0 Å². The Balaban J connectivity index is 2.81. The van der Waals surface area contributed by atoms with Crippen LogP contribution in [0.1, 0.15) is 5.56 Å². The normalized spacial score (nSPS) is 9.73. The van der Waals surface area contributed by atoms with Crippen molar-refractivity contribution in [3.8, 4) is 0 Å². The minimum Gasteiger partial charge on any atom is -0.153 e. The number of hydrogen-bond acceptors (Lipinski definition) is 2. The van der Waals surface area contributed by atoms with Gasteiger partial charge in [-0.2, -0.15) is 4.53 Å². The largest absolute Gasteiger partial charge is 0.153 e. The molecule has 0 N–H and O–H groups in total. The molecular weight excluding hydrogens is 161 g/mol. The molecule has 0 bridgehead atoms. The maximum atomic E-state index is 12.8. The van der Waals surface area contributed by atoms with Gasteiger partial charge in [-0.15, -0.1) is 0 Å². The Labute approximate surface area is 70.3 Å². The summed E-state index contributed by atoms with van der Waals surface area (Å²) in [5.74, 6) is 0. The highest BCUT2D eigenvalue weighted by molar-refractivity contribution is 7.99. The standard InChI is InChI=1S/C8H10FNS/c1-7-3-5-8(6-4-7)10(9)11-2/h3-6H,1-2H3. The van der Waals surface area contributed by atoms with E-state index in [2.05, 4.69) is 0 Å². The third-order valence-electron chi connectivity index (χ3n) is 1.40. The van der Waals surface area contributed by atoms with Gasteiger partial charge in [0.2, 0.25) is 0 Å². The molecule has 0 radical (unpaired) electrons. The van der Waals surface area contributed by atoms with E-state index in [1.165, 1.54) is 0 Å². The first kappa shape index (κ1) is 8.40. The monoisotopic (exact) mass is 171 g/mol. The minimum absolute atomic E-state index is 0.586. The van der Waals surface area contributed by atoms with Crippen LogP contribution >= 0.6 is 11.9 Å². The molecule has 11 heavy (non-hydrogen) atoms. The number of halogens is 1. The number of nitrogens with zero attached hydrogens (tertiary/aromatic N) is 1. The van der Waals surface area contributed by atoms with Crippen LogP contribution < -0.4 is 4.53 Å². The predicted molar refractivity (Wildman–Crippen MR) is 48.3 cm³/mol. The van der Waals surface area contributed by atoms with Crippen LogP contribution in [0, 0.1) is 6.92 Å². The molecule has 0 heterocycles. The van der Waals surface area contributed by atoms with Gasteiger partial charge in [-0.05, 0) is 31.0 Å². The van der Waals surface area contributed by atoms with E-state index in [1.807, 2.05) is 19.1 Å². The first-order chi connectivity index (χ1) is 5.24. The summed E-state index contributed by atoms with van der Waals surface area (Å²) in [4.78, 5) is 0. The molecule has 0 fully saturated rings. The lowest BCUT2D eigenvalue weighted by molar-refractivity contribution is 0.548. The molecule has 1 rings (SSSR count). The Bertz CT molecular complexity index is 222. The topological polar surface area (TPSA) is 3.24 Å². The van der Waals surface area contributed by atoms with E-state index in [1.54, 1.807) is 18.4 Å². The van der Waals surface area contributed by atoms with Crippen molar-refractivity contribution in [2.75, 3.05) is 10.8 Å². The molecule has 0 aliphatic rings. The highest BCUT2D eigenvalue weighted by atomic mass is 32.2. The second-order valence-corrected chi connectivity index (χ2v) is 2.95. The number of anilines is 1. The summed E-state index contributed by atoms with van der Waals surface area (Å²) >= 11 is 1.05. The van der Waals surface area contributed by atoms with Gasteiger partial charge >= 0.3 is 0 Å². The quantitative estimate of drug-likeness (QED) is 0.497. The molecule has 1 aromatic rings. The van der Waals surface area contributed by atoms with E-state index in [4.69, 9.17) is 0 Å². The lowest BCUT2D eigenvalue weighted by Gasteiger charge is -2.08. The van der Waals surface area contributed by atoms with Crippen LogP contribution in [0.5, 0.6) is 0 Å². The van der Waals surface area contributed by atoms with Crippen LogP contribution in [-0.2, 0) is 0 Å². The number of hydrogen-bond donors (Lipinski definition) is 0. The Morgan fingerprint density at radius 1 is 1.27 bits per heavy atom. The van der Waals surface area contributed by atoms with Gasteiger partial charge in [-0.25, -0.2) is 0 Å². The van der Waals surface area contributed by atoms with Crippen molar-refractivity contribution >= 4 is 17.6 Å². The average molecular weight is 171 g/mol. The fourth-order valence-corrected chi connectivity index (χ4v) is 1.10. The van der Waals surface area contributed by atoms with Gasteiger partial charge in [-0.1, -0.05) is 22.2 Å². The van der Waals surface area contributed by atoms with Crippen molar-refractivity contribution in [1.82, 2.24) is 0 Å². The van der Waals surface area contributed by atoms with E-state index in [0.29, 0.717) is 10.2 Å². The lowest BCUT2D eigenvalue weighted by atomic mass is 10.2. The SMILES string of the molecule is CSN(F)c1ccc(C)cc1. The molecule has 0 amide bonds. The van der Waals surface area contributed by atoms with Crippen LogP contribution in [0.15, 0.2) is 24.3 Å². The van der Waals surface area contributed by atoms with Crippen molar-refractivity contribution in [2.45, 2.75) is 6.92 Å². The molecule has 0 aliphatic carbocycles. The van der Waals surface area contributed by atoms with Crippen LogP contribution in [0.4, 0.5) is 10.2 Å². The summed E-state index contributed by atoms with van der Waals surface area (Å²) in [6, 6.07) is 7.29. The molecule has 0 spiro atoms. The van der Waals surface area contributed by atoms with Crippen molar-refractivity contribution in [3.05, 3.63) is 29.8 Å². The maximum Gasteiger partial charge on any atom is 0.0818 e. The number of rotatable bonds is 2. The van der Waals surface area contributed by atoms with Gasteiger partial charge in [0, 0.05) is 6.26 Å². The molecular formula is C8H10FNS. The van der Waals surface area contributed by atoms with Gasteiger partial charge in [0.1, 0.15) is 0 Å². The van der Waals surface area contributed by atoms with Crippen molar-refractivity contribution in [2.24, 2.45) is 0 Å². The van der Waals surface area contributed by atoms with Crippen LogP contribution in [0.3, 0.4) is 0 Å². The highest BCUT2D eigenvalue weighted by Crippen LogP contribution is 2.20. The number of aryl methyl sites for hydroxylation is 1. The van der Waals surface area contributed by atoms with Gasteiger partial charge in [0.25, 0.3) is 0 Å². The summed E-state index contributed by atoms with van der Waals surface area (Å²) in [5.41, 5.74) is 1.73. The Kier molecular flexibility index (Phi) is 2.76. The smallest absolute Gasteiger partial charge is 0.0818 e. The molecule has 0 atom stereocenters. The third kappa shape index (κ3) is 2.12. The van der Waals surface area contributed by atoms with Crippen LogP contribution in [0.2, 0.25) is 0 Å². The molecule has 0 aliphatic heterocycles. The third-order valence-corrected chi connectivity index (χ3v) is 1.93.